The number of rotatable bonds is 4. The maximum absolute atomic E-state index is 12.0. The molecule has 0 aliphatic rings. The van der Waals surface area contributed by atoms with Crippen LogP contribution >= 0.6 is 12.4 Å². The summed E-state index contributed by atoms with van der Waals surface area (Å²) < 4.78 is 0. The van der Waals surface area contributed by atoms with Crippen molar-refractivity contribution in [3.63, 3.8) is 0 Å². The Labute approximate surface area is 143 Å². The third kappa shape index (κ3) is 5.62. The number of aromatic nitrogens is 2. The molecule has 124 valence electrons. The van der Waals surface area contributed by atoms with E-state index in [1.807, 2.05) is 51.1 Å². The zero-order valence-electron chi connectivity index (χ0n) is 13.6. The molecule has 1 amide bonds. The second-order valence-electron chi connectivity index (χ2n) is 6.31. The Kier molecular flexibility index (Phi) is 6.66. The maximum atomic E-state index is 12.0. The molecule has 0 saturated heterocycles. The molecule has 0 aliphatic carbocycles. The van der Waals surface area contributed by atoms with Crippen molar-refractivity contribution in [3.05, 3.63) is 54.1 Å². The van der Waals surface area contributed by atoms with Crippen LogP contribution in [0.1, 0.15) is 44.6 Å². The lowest BCUT2D eigenvalue weighted by atomic mass is 9.96. The van der Waals surface area contributed by atoms with Gasteiger partial charge in [-0.25, -0.2) is 9.97 Å². The Morgan fingerprint density at radius 1 is 1.17 bits per heavy atom. The molecule has 1 atom stereocenters. The SMILES string of the molecule is CC(C)(C)c1ncc(NC(=O)CC(N)c2ccccc2)cn1.Cl. The second-order valence-corrected chi connectivity index (χ2v) is 6.31. The Morgan fingerprint density at radius 2 is 1.74 bits per heavy atom. The molecule has 0 radical (unpaired) electrons. The van der Waals surface area contributed by atoms with Gasteiger partial charge in [0, 0.05) is 17.9 Å². The van der Waals surface area contributed by atoms with Crippen LogP contribution in [0.25, 0.3) is 0 Å². The fourth-order valence-corrected chi connectivity index (χ4v) is 2.01. The lowest BCUT2D eigenvalue weighted by molar-refractivity contribution is -0.116. The number of benzene rings is 1. The number of anilines is 1. The fourth-order valence-electron chi connectivity index (χ4n) is 2.01. The lowest BCUT2D eigenvalue weighted by Gasteiger charge is -2.16. The molecule has 1 aromatic heterocycles. The predicted octanol–water partition coefficient (Wildman–Crippen LogP) is 3.22. The standard InChI is InChI=1S/C17H22N4O.ClH/c1-17(2,3)16-19-10-13(11-20-16)21-15(22)9-14(18)12-7-5-4-6-8-12;/h4-8,10-11,14H,9,18H2,1-3H3,(H,21,22);1H. The van der Waals surface area contributed by atoms with Gasteiger partial charge in [0.1, 0.15) is 5.82 Å². The normalized spacial score (nSPS) is 12.2. The van der Waals surface area contributed by atoms with E-state index in [0.717, 1.165) is 11.4 Å². The number of carbonyl (C=O) groups is 1. The molecule has 2 rings (SSSR count). The monoisotopic (exact) mass is 334 g/mol. The number of halogens is 1. The minimum Gasteiger partial charge on any atom is -0.324 e. The highest BCUT2D eigenvalue weighted by molar-refractivity contribution is 5.90. The van der Waals surface area contributed by atoms with Gasteiger partial charge >= 0.3 is 0 Å². The summed E-state index contributed by atoms with van der Waals surface area (Å²) >= 11 is 0. The van der Waals surface area contributed by atoms with Crippen molar-refractivity contribution in [1.82, 2.24) is 9.97 Å². The predicted molar refractivity (Wildman–Crippen MR) is 94.6 cm³/mol. The summed E-state index contributed by atoms with van der Waals surface area (Å²) in [7, 11) is 0. The molecule has 1 unspecified atom stereocenters. The third-order valence-electron chi connectivity index (χ3n) is 3.24. The van der Waals surface area contributed by atoms with E-state index in [1.165, 1.54) is 0 Å². The van der Waals surface area contributed by atoms with Crippen LogP contribution in [0.15, 0.2) is 42.7 Å². The van der Waals surface area contributed by atoms with Gasteiger partial charge in [-0.15, -0.1) is 12.4 Å². The first-order valence-electron chi connectivity index (χ1n) is 7.29. The van der Waals surface area contributed by atoms with Gasteiger partial charge in [-0.05, 0) is 5.56 Å². The third-order valence-corrected chi connectivity index (χ3v) is 3.24. The first-order chi connectivity index (χ1) is 10.4. The van der Waals surface area contributed by atoms with E-state index in [-0.39, 0.29) is 36.2 Å². The molecule has 0 spiro atoms. The zero-order valence-corrected chi connectivity index (χ0v) is 14.4. The largest absolute Gasteiger partial charge is 0.324 e. The Morgan fingerprint density at radius 3 is 2.26 bits per heavy atom. The van der Waals surface area contributed by atoms with Crippen molar-refractivity contribution >= 4 is 24.0 Å². The van der Waals surface area contributed by atoms with Crippen molar-refractivity contribution in [2.75, 3.05) is 5.32 Å². The average Bonchev–Trinajstić information content (AvgIpc) is 2.47. The van der Waals surface area contributed by atoms with E-state index in [2.05, 4.69) is 15.3 Å². The Bertz CT molecular complexity index is 623. The highest BCUT2D eigenvalue weighted by Gasteiger charge is 2.17. The number of nitrogens with two attached hydrogens (primary N) is 1. The minimum absolute atomic E-state index is 0. The van der Waals surface area contributed by atoms with Crippen LogP contribution in [-0.4, -0.2) is 15.9 Å². The van der Waals surface area contributed by atoms with Gasteiger partial charge in [0.2, 0.25) is 5.91 Å². The molecule has 0 fully saturated rings. The summed E-state index contributed by atoms with van der Waals surface area (Å²) in [6.45, 7) is 6.12. The maximum Gasteiger partial charge on any atom is 0.226 e. The number of nitrogens with one attached hydrogen (secondary N) is 1. The van der Waals surface area contributed by atoms with Gasteiger partial charge in [-0.2, -0.15) is 0 Å². The fraction of sp³-hybridized carbons (Fsp3) is 0.353. The van der Waals surface area contributed by atoms with Crippen LogP contribution < -0.4 is 11.1 Å². The molecule has 5 nitrogen and oxygen atoms in total. The first kappa shape index (κ1) is 19.1. The number of hydrogen-bond acceptors (Lipinski definition) is 4. The van der Waals surface area contributed by atoms with Crippen LogP contribution in [-0.2, 0) is 10.2 Å². The number of hydrogen-bond donors (Lipinski definition) is 2. The van der Waals surface area contributed by atoms with E-state index >= 15 is 0 Å². The van der Waals surface area contributed by atoms with Crippen LogP contribution in [0.3, 0.4) is 0 Å². The zero-order chi connectivity index (χ0) is 16.2. The van der Waals surface area contributed by atoms with Crippen molar-refractivity contribution in [2.45, 2.75) is 38.6 Å². The summed E-state index contributed by atoms with van der Waals surface area (Å²) in [6, 6.07) is 9.25. The number of nitrogens with zero attached hydrogens (tertiary/aromatic N) is 2. The van der Waals surface area contributed by atoms with E-state index in [0.29, 0.717) is 5.69 Å². The van der Waals surface area contributed by atoms with Gasteiger partial charge in [0.05, 0.1) is 18.1 Å². The van der Waals surface area contributed by atoms with Crippen molar-refractivity contribution in [3.8, 4) is 0 Å². The minimum atomic E-state index is -0.323. The van der Waals surface area contributed by atoms with E-state index in [1.54, 1.807) is 12.4 Å². The topological polar surface area (TPSA) is 80.9 Å². The molecular formula is C17H23ClN4O. The molecule has 23 heavy (non-hydrogen) atoms. The van der Waals surface area contributed by atoms with Crippen molar-refractivity contribution in [1.29, 1.82) is 0 Å². The summed E-state index contributed by atoms with van der Waals surface area (Å²) in [5.74, 6) is 0.593. The van der Waals surface area contributed by atoms with Gasteiger partial charge in [0.15, 0.2) is 0 Å². The molecule has 1 heterocycles. The molecular weight excluding hydrogens is 312 g/mol. The van der Waals surface area contributed by atoms with Crippen molar-refractivity contribution < 1.29 is 4.79 Å². The number of carbonyl (C=O) groups excluding carboxylic acids is 1. The summed E-state index contributed by atoms with van der Waals surface area (Å²) in [5.41, 5.74) is 7.45. The summed E-state index contributed by atoms with van der Waals surface area (Å²) in [6.07, 6.45) is 3.46. The van der Waals surface area contributed by atoms with Gasteiger partial charge in [-0.3, -0.25) is 4.79 Å². The first-order valence-corrected chi connectivity index (χ1v) is 7.29. The molecule has 1 aromatic carbocycles. The molecule has 0 aliphatic heterocycles. The molecule has 3 N–H and O–H groups in total. The van der Waals surface area contributed by atoms with Crippen LogP contribution in [0.2, 0.25) is 0 Å². The average molecular weight is 335 g/mol. The van der Waals surface area contributed by atoms with E-state index < -0.39 is 0 Å². The Hall–Kier alpha value is -1.98. The van der Waals surface area contributed by atoms with Crippen LogP contribution in [0, 0.1) is 0 Å². The molecule has 2 aromatic rings. The Balaban J connectivity index is 0.00000264. The smallest absolute Gasteiger partial charge is 0.226 e. The molecule has 0 saturated carbocycles. The van der Waals surface area contributed by atoms with Crippen LogP contribution in [0.5, 0.6) is 0 Å². The van der Waals surface area contributed by atoms with Crippen molar-refractivity contribution in [2.24, 2.45) is 5.73 Å². The quantitative estimate of drug-likeness (QED) is 0.899. The van der Waals surface area contributed by atoms with Gasteiger partial charge < -0.3 is 11.1 Å². The summed E-state index contributed by atoms with van der Waals surface area (Å²) in [5, 5.41) is 2.78. The molecule has 6 heteroatoms. The summed E-state index contributed by atoms with van der Waals surface area (Å²) in [4.78, 5) is 20.6. The van der Waals surface area contributed by atoms with Crippen LogP contribution in [0.4, 0.5) is 5.69 Å². The van der Waals surface area contributed by atoms with E-state index in [9.17, 15) is 4.79 Å². The van der Waals surface area contributed by atoms with Gasteiger partial charge in [0.25, 0.3) is 0 Å². The number of amides is 1. The van der Waals surface area contributed by atoms with E-state index in [4.69, 9.17) is 5.73 Å². The highest BCUT2D eigenvalue weighted by Crippen LogP contribution is 2.19. The lowest BCUT2D eigenvalue weighted by Crippen LogP contribution is -2.21. The highest BCUT2D eigenvalue weighted by atomic mass is 35.5. The second kappa shape index (κ2) is 8.04. The molecule has 0 bridgehead atoms. The van der Waals surface area contributed by atoms with Gasteiger partial charge in [-0.1, -0.05) is 51.1 Å².